The van der Waals surface area contributed by atoms with E-state index in [9.17, 15) is 8.78 Å². The van der Waals surface area contributed by atoms with Crippen LogP contribution in [-0.2, 0) is 6.54 Å². The van der Waals surface area contributed by atoms with E-state index in [-0.39, 0.29) is 0 Å². The zero-order valence-electron chi connectivity index (χ0n) is 10.0. The van der Waals surface area contributed by atoms with Crippen molar-refractivity contribution >= 4 is 11.4 Å². The largest absolute Gasteiger partial charge is 0.397 e. The van der Waals surface area contributed by atoms with E-state index in [1.54, 1.807) is 0 Å². The van der Waals surface area contributed by atoms with Crippen LogP contribution in [0.5, 0.6) is 0 Å². The first-order valence-electron chi connectivity index (χ1n) is 5.60. The first kappa shape index (κ1) is 12.4. The molecule has 0 amide bonds. The standard InChI is InChI=1S/C14H14F2N2/c1-9-2-5-14(13(17)6-9)18-8-10-3-4-11(15)12(16)7-10/h2-7,18H,8,17H2,1H3. The molecule has 0 heterocycles. The van der Waals surface area contributed by atoms with Gasteiger partial charge < -0.3 is 11.1 Å². The fraction of sp³-hybridized carbons (Fsp3) is 0.143. The summed E-state index contributed by atoms with van der Waals surface area (Å²) in [7, 11) is 0. The maximum Gasteiger partial charge on any atom is 0.159 e. The van der Waals surface area contributed by atoms with E-state index < -0.39 is 11.6 Å². The van der Waals surface area contributed by atoms with Crippen molar-refractivity contribution in [3.05, 3.63) is 59.2 Å². The van der Waals surface area contributed by atoms with Gasteiger partial charge in [-0.25, -0.2) is 8.78 Å². The third-order valence-electron chi connectivity index (χ3n) is 2.67. The van der Waals surface area contributed by atoms with Gasteiger partial charge in [-0.3, -0.25) is 0 Å². The highest BCUT2D eigenvalue weighted by atomic mass is 19.2. The van der Waals surface area contributed by atoms with Gasteiger partial charge >= 0.3 is 0 Å². The molecule has 0 bridgehead atoms. The van der Waals surface area contributed by atoms with E-state index in [4.69, 9.17) is 5.73 Å². The summed E-state index contributed by atoms with van der Waals surface area (Å²) < 4.78 is 25.8. The predicted octanol–water partition coefficient (Wildman–Crippen LogP) is 3.47. The molecule has 0 spiro atoms. The average Bonchev–Trinajstić information content (AvgIpc) is 2.32. The molecule has 0 aliphatic carbocycles. The van der Waals surface area contributed by atoms with Crippen molar-refractivity contribution in [3.63, 3.8) is 0 Å². The molecule has 0 saturated heterocycles. The van der Waals surface area contributed by atoms with Crippen molar-refractivity contribution in [1.29, 1.82) is 0 Å². The number of nitrogen functional groups attached to an aromatic ring is 1. The Morgan fingerprint density at radius 1 is 1.06 bits per heavy atom. The van der Waals surface area contributed by atoms with Crippen molar-refractivity contribution in [2.75, 3.05) is 11.1 Å². The molecule has 2 rings (SSSR count). The molecular formula is C14H14F2N2. The van der Waals surface area contributed by atoms with Crippen LogP contribution in [0.2, 0.25) is 0 Å². The van der Waals surface area contributed by atoms with Crippen molar-refractivity contribution in [3.8, 4) is 0 Å². The topological polar surface area (TPSA) is 38.0 Å². The molecule has 0 aliphatic rings. The van der Waals surface area contributed by atoms with Crippen molar-refractivity contribution in [2.45, 2.75) is 13.5 Å². The van der Waals surface area contributed by atoms with Gasteiger partial charge in [0.05, 0.1) is 11.4 Å². The number of benzene rings is 2. The van der Waals surface area contributed by atoms with Gasteiger partial charge in [-0.05, 0) is 42.3 Å². The van der Waals surface area contributed by atoms with Gasteiger partial charge in [0.1, 0.15) is 0 Å². The van der Waals surface area contributed by atoms with E-state index in [0.717, 1.165) is 17.3 Å². The molecule has 4 heteroatoms. The van der Waals surface area contributed by atoms with Crippen molar-refractivity contribution in [2.24, 2.45) is 0 Å². The number of anilines is 2. The summed E-state index contributed by atoms with van der Waals surface area (Å²) in [6.07, 6.45) is 0. The summed E-state index contributed by atoms with van der Waals surface area (Å²) in [5.74, 6) is -1.68. The van der Waals surface area contributed by atoms with Crippen LogP contribution < -0.4 is 11.1 Å². The zero-order valence-corrected chi connectivity index (χ0v) is 10.0. The predicted molar refractivity (Wildman–Crippen MR) is 69.3 cm³/mol. The number of nitrogens with one attached hydrogen (secondary N) is 1. The monoisotopic (exact) mass is 248 g/mol. The van der Waals surface area contributed by atoms with E-state index in [1.807, 2.05) is 25.1 Å². The summed E-state index contributed by atoms with van der Waals surface area (Å²) >= 11 is 0. The quantitative estimate of drug-likeness (QED) is 0.816. The Morgan fingerprint density at radius 2 is 1.83 bits per heavy atom. The summed E-state index contributed by atoms with van der Waals surface area (Å²) in [5, 5.41) is 3.09. The molecule has 2 aromatic rings. The highest BCUT2D eigenvalue weighted by molar-refractivity contribution is 5.66. The lowest BCUT2D eigenvalue weighted by atomic mass is 10.1. The summed E-state index contributed by atoms with van der Waals surface area (Å²) in [6, 6.07) is 9.48. The number of hydrogen-bond acceptors (Lipinski definition) is 2. The maximum atomic E-state index is 13.0. The summed E-state index contributed by atoms with van der Waals surface area (Å²) in [6.45, 7) is 2.35. The molecule has 0 unspecified atom stereocenters. The third kappa shape index (κ3) is 2.77. The van der Waals surface area contributed by atoms with Crippen molar-refractivity contribution < 1.29 is 8.78 Å². The lowest BCUT2D eigenvalue weighted by molar-refractivity contribution is 0.507. The number of rotatable bonds is 3. The minimum atomic E-state index is -0.842. The Kier molecular flexibility index (Phi) is 3.46. The Hall–Kier alpha value is -2.10. The second-order valence-corrected chi connectivity index (χ2v) is 4.19. The van der Waals surface area contributed by atoms with Crippen LogP contribution >= 0.6 is 0 Å². The van der Waals surface area contributed by atoms with Crippen LogP contribution in [0, 0.1) is 18.6 Å². The summed E-state index contributed by atoms with van der Waals surface area (Å²) in [5.41, 5.74) is 9.00. The first-order valence-corrected chi connectivity index (χ1v) is 5.60. The van der Waals surface area contributed by atoms with E-state index in [1.165, 1.54) is 12.1 Å². The van der Waals surface area contributed by atoms with Crippen LogP contribution in [-0.4, -0.2) is 0 Å². The fourth-order valence-electron chi connectivity index (χ4n) is 1.69. The van der Waals surface area contributed by atoms with Gasteiger partial charge in [0.15, 0.2) is 11.6 Å². The van der Waals surface area contributed by atoms with Gasteiger partial charge in [0.25, 0.3) is 0 Å². The number of halogens is 2. The molecule has 0 aliphatic heterocycles. The molecule has 0 atom stereocenters. The van der Waals surface area contributed by atoms with Crippen LogP contribution in [0.4, 0.5) is 20.2 Å². The molecule has 0 aromatic heterocycles. The third-order valence-corrected chi connectivity index (χ3v) is 2.67. The number of hydrogen-bond donors (Lipinski definition) is 2. The van der Waals surface area contributed by atoms with Gasteiger partial charge in [0, 0.05) is 6.54 Å². The van der Waals surface area contributed by atoms with E-state index in [0.29, 0.717) is 17.8 Å². The Morgan fingerprint density at radius 3 is 2.50 bits per heavy atom. The average molecular weight is 248 g/mol. The Balaban J connectivity index is 2.09. The van der Waals surface area contributed by atoms with Crippen LogP contribution in [0.3, 0.4) is 0 Å². The molecule has 94 valence electrons. The van der Waals surface area contributed by atoms with Crippen LogP contribution in [0.15, 0.2) is 36.4 Å². The van der Waals surface area contributed by atoms with Gasteiger partial charge in [-0.15, -0.1) is 0 Å². The second-order valence-electron chi connectivity index (χ2n) is 4.19. The lowest BCUT2D eigenvalue weighted by Crippen LogP contribution is -2.03. The SMILES string of the molecule is Cc1ccc(NCc2ccc(F)c(F)c2)c(N)c1. The second kappa shape index (κ2) is 5.04. The number of nitrogens with two attached hydrogens (primary N) is 1. The molecule has 0 radical (unpaired) electrons. The maximum absolute atomic E-state index is 13.0. The molecule has 0 saturated carbocycles. The Labute approximate surface area is 104 Å². The molecule has 2 nitrogen and oxygen atoms in total. The molecular weight excluding hydrogens is 234 g/mol. The minimum absolute atomic E-state index is 0.393. The first-order chi connectivity index (χ1) is 8.56. The van der Waals surface area contributed by atoms with Crippen LogP contribution in [0.1, 0.15) is 11.1 Å². The fourth-order valence-corrected chi connectivity index (χ4v) is 1.69. The number of aryl methyl sites for hydroxylation is 1. The Bertz CT molecular complexity index is 568. The molecule has 0 fully saturated rings. The van der Waals surface area contributed by atoms with E-state index >= 15 is 0 Å². The normalized spacial score (nSPS) is 10.4. The molecule has 18 heavy (non-hydrogen) atoms. The lowest BCUT2D eigenvalue weighted by Gasteiger charge is -2.10. The molecule has 2 aromatic carbocycles. The van der Waals surface area contributed by atoms with Gasteiger partial charge in [-0.2, -0.15) is 0 Å². The minimum Gasteiger partial charge on any atom is -0.397 e. The zero-order chi connectivity index (χ0) is 13.1. The van der Waals surface area contributed by atoms with Gasteiger partial charge in [0.2, 0.25) is 0 Å². The van der Waals surface area contributed by atoms with Gasteiger partial charge in [-0.1, -0.05) is 12.1 Å². The highest BCUT2D eigenvalue weighted by Crippen LogP contribution is 2.20. The smallest absolute Gasteiger partial charge is 0.159 e. The summed E-state index contributed by atoms with van der Waals surface area (Å²) in [4.78, 5) is 0. The van der Waals surface area contributed by atoms with Crippen molar-refractivity contribution in [1.82, 2.24) is 0 Å². The van der Waals surface area contributed by atoms with Crippen LogP contribution in [0.25, 0.3) is 0 Å². The molecule has 3 N–H and O–H groups in total. The van der Waals surface area contributed by atoms with E-state index in [2.05, 4.69) is 5.32 Å². The highest BCUT2D eigenvalue weighted by Gasteiger charge is 2.03.